The minimum absolute atomic E-state index is 0.539. The molecule has 0 radical (unpaired) electrons. The third-order valence-corrected chi connectivity index (χ3v) is 11.4. The van der Waals surface area contributed by atoms with Crippen LogP contribution in [0.2, 0.25) is 0 Å². The van der Waals surface area contributed by atoms with Crippen LogP contribution in [0.1, 0.15) is 5.56 Å². The van der Waals surface area contributed by atoms with Crippen LogP contribution in [-0.4, -0.2) is 13.9 Å². The molecule has 0 amide bonds. The molecule has 0 saturated carbocycles. The zero-order valence-electron chi connectivity index (χ0n) is 17.5. The Kier molecular flexibility index (Phi) is 6.42. The van der Waals surface area contributed by atoms with Gasteiger partial charge < -0.3 is 0 Å². The largest absolute Gasteiger partial charge is 0.501 e. The van der Waals surface area contributed by atoms with Gasteiger partial charge in [-0.15, -0.1) is 0 Å². The molecule has 4 aromatic carbocycles. The zero-order chi connectivity index (χ0) is 23.5. The maximum atomic E-state index is 13.0. The Bertz CT molecular complexity index is 1210. The average Bonchev–Trinajstić information content (AvgIpc) is 2.84. The molecular formula is C26H21F3O2PS+. The van der Waals surface area contributed by atoms with Gasteiger partial charge in [0.2, 0.25) is 0 Å². The fraction of sp³-hybridized carbons (Fsp3) is 0.0769. The molecule has 0 aromatic heterocycles. The van der Waals surface area contributed by atoms with E-state index in [4.69, 9.17) is 0 Å². The van der Waals surface area contributed by atoms with E-state index in [1.165, 1.54) is 12.1 Å². The lowest BCUT2D eigenvalue weighted by atomic mass is 10.2. The van der Waals surface area contributed by atoms with E-state index in [0.29, 0.717) is 6.16 Å². The van der Waals surface area contributed by atoms with Crippen LogP contribution in [0.25, 0.3) is 0 Å². The summed E-state index contributed by atoms with van der Waals surface area (Å²) in [4.78, 5) is -0.748. The first-order valence-electron chi connectivity index (χ1n) is 10.2. The van der Waals surface area contributed by atoms with Crippen molar-refractivity contribution in [2.24, 2.45) is 0 Å². The third-order valence-electron chi connectivity index (χ3n) is 5.55. The molecule has 4 aromatic rings. The summed E-state index contributed by atoms with van der Waals surface area (Å²) in [5.41, 5.74) is -4.57. The van der Waals surface area contributed by atoms with Crippen LogP contribution < -0.4 is 15.9 Å². The predicted octanol–water partition coefficient (Wildman–Crippen LogP) is 5.47. The number of sulfone groups is 1. The van der Waals surface area contributed by atoms with E-state index in [9.17, 15) is 21.6 Å². The fourth-order valence-corrected chi connectivity index (χ4v) is 8.96. The molecule has 0 aliphatic heterocycles. The summed E-state index contributed by atoms with van der Waals surface area (Å²) in [6.45, 7) is 0. The standard InChI is InChI=1S/C26H21F3O2PS/c27-26(28,29)33(30,31)25-18-16-21(17-19-25)20-32(22-10-4-1-5-11-22,23-12-6-2-7-13-23)24-14-8-3-9-15-24/h1-19H,20H2/q+1. The van der Waals surface area contributed by atoms with Crippen molar-refractivity contribution >= 4 is 33.0 Å². The molecular weight excluding hydrogens is 464 g/mol. The summed E-state index contributed by atoms with van der Waals surface area (Å²) in [6, 6.07) is 35.3. The SMILES string of the molecule is O=S(=O)(c1ccc(C[P+](c2ccccc2)(c2ccccc2)c2ccccc2)cc1)C(F)(F)F. The van der Waals surface area contributed by atoms with Crippen molar-refractivity contribution in [1.82, 2.24) is 0 Å². The number of halogens is 3. The van der Waals surface area contributed by atoms with Crippen LogP contribution in [-0.2, 0) is 16.0 Å². The van der Waals surface area contributed by atoms with Crippen LogP contribution in [0.5, 0.6) is 0 Å². The van der Waals surface area contributed by atoms with Gasteiger partial charge in [-0.25, -0.2) is 8.42 Å². The Balaban J connectivity index is 1.88. The summed E-state index contributed by atoms with van der Waals surface area (Å²) in [7, 11) is -7.62. The Morgan fingerprint density at radius 1 is 0.576 bits per heavy atom. The van der Waals surface area contributed by atoms with Crippen LogP contribution in [0.4, 0.5) is 13.2 Å². The summed E-state index contributed by atoms with van der Waals surface area (Å²) in [5.74, 6) is 0. The van der Waals surface area contributed by atoms with Crippen molar-refractivity contribution in [2.75, 3.05) is 0 Å². The molecule has 0 heterocycles. The number of hydrogen-bond acceptors (Lipinski definition) is 2. The van der Waals surface area contributed by atoms with E-state index in [1.54, 1.807) is 0 Å². The molecule has 2 nitrogen and oxygen atoms in total. The topological polar surface area (TPSA) is 34.1 Å². The molecule has 0 atom stereocenters. The van der Waals surface area contributed by atoms with Crippen molar-refractivity contribution in [2.45, 2.75) is 16.6 Å². The Hall–Kier alpha value is -2.95. The molecule has 0 N–H and O–H groups in total. The second-order valence-electron chi connectivity index (χ2n) is 7.57. The number of alkyl halides is 3. The van der Waals surface area contributed by atoms with Gasteiger partial charge in [0.1, 0.15) is 23.2 Å². The van der Waals surface area contributed by atoms with Crippen LogP contribution in [0, 0.1) is 0 Å². The van der Waals surface area contributed by atoms with Gasteiger partial charge in [-0.3, -0.25) is 0 Å². The molecule has 168 valence electrons. The average molecular weight is 485 g/mol. The van der Waals surface area contributed by atoms with Crippen molar-refractivity contribution in [3.05, 3.63) is 121 Å². The van der Waals surface area contributed by atoms with Crippen molar-refractivity contribution < 1.29 is 21.6 Å². The maximum absolute atomic E-state index is 13.0. The Labute approximate surface area is 192 Å². The van der Waals surface area contributed by atoms with Gasteiger partial charge in [-0.1, -0.05) is 66.7 Å². The smallest absolute Gasteiger partial charge is 0.214 e. The normalized spacial score (nSPS) is 12.5. The van der Waals surface area contributed by atoms with Crippen molar-refractivity contribution in [3.8, 4) is 0 Å². The minimum Gasteiger partial charge on any atom is -0.214 e. The van der Waals surface area contributed by atoms with Gasteiger partial charge in [0.25, 0.3) is 9.84 Å². The number of benzene rings is 4. The highest BCUT2D eigenvalue weighted by Gasteiger charge is 2.48. The highest BCUT2D eigenvalue weighted by atomic mass is 32.2. The van der Waals surface area contributed by atoms with E-state index in [0.717, 1.165) is 33.6 Å². The monoisotopic (exact) mass is 485 g/mol. The zero-order valence-corrected chi connectivity index (χ0v) is 19.2. The van der Waals surface area contributed by atoms with E-state index >= 15 is 0 Å². The van der Waals surface area contributed by atoms with E-state index in [-0.39, 0.29) is 0 Å². The molecule has 0 saturated heterocycles. The molecule has 0 fully saturated rings. The molecule has 0 aliphatic rings. The number of rotatable bonds is 6. The van der Waals surface area contributed by atoms with Crippen molar-refractivity contribution in [1.29, 1.82) is 0 Å². The lowest BCUT2D eigenvalue weighted by Crippen LogP contribution is -2.32. The fourth-order valence-electron chi connectivity index (χ4n) is 3.95. The Morgan fingerprint density at radius 2 is 0.939 bits per heavy atom. The van der Waals surface area contributed by atoms with Crippen molar-refractivity contribution in [3.63, 3.8) is 0 Å². The van der Waals surface area contributed by atoms with Crippen LogP contribution in [0.15, 0.2) is 120 Å². The van der Waals surface area contributed by atoms with Crippen LogP contribution in [0.3, 0.4) is 0 Å². The molecule has 4 rings (SSSR count). The molecule has 33 heavy (non-hydrogen) atoms. The van der Waals surface area contributed by atoms with Gasteiger partial charge in [-0.2, -0.15) is 13.2 Å². The second-order valence-corrected chi connectivity index (χ2v) is 13.0. The number of hydrogen-bond donors (Lipinski definition) is 0. The lowest BCUT2D eigenvalue weighted by molar-refractivity contribution is -0.0436. The van der Waals surface area contributed by atoms with E-state index < -0.39 is 27.5 Å². The highest BCUT2D eigenvalue weighted by molar-refractivity contribution is 7.95. The highest BCUT2D eigenvalue weighted by Crippen LogP contribution is 2.58. The minimum atomic E-state index is -5.38. The van der Waals surface area contributed by atoms with Crippen LogP contribution >= 0.6 is 7.26 Å². The summed E-state index contributed by atoms with van der Waals surface area (Å²) in [5, 5.41) is 3.40. The van der Waals surface area contributed by atoms with Gasteiger partial charge >= 0.3 is 5.51 Å². The van der Waals surface area contributed by atoms with Gasteiger partial charge in [0.05, 0.1) is 11.1 Å². The van der Waals surface area contributed by atoms with Gasteiger partial charge in [0.15, 0.2) is 0 Å². The summed E-state index contributed by atoms with van der Waals surface area (Å²) < 4.78 is 62.5. The van der Waals surface area contributed by atoms with Gasteiger partial charge in [0, 0.05) is 0 Å². The molecule has 0 spiro atoms. The first-order valence-corrected chi connectivity index (χ1v) is 13.7. The second kappa shape index (κ2) is 9.12. The van der Waals surface area contributed by atoms with Gasteiger partial charge in [-0.05, 0) is 54.1 Å². The summed E-state index contributed by atoms with van der Waals surface area (Å²) in [6.07, 6.45) is 0.539. The first-order chi connectivity index (χ1) is 15.7. The van der Waals surface area contributed by atoms with E-state index in [1.807, 2.05) is 54.6 Å². The maximum Gasteiger partial charge on any atom is 0.501 e. The molecule has 0 unspecified atom stereocenters. The van der Waals surface area contributed by atoms with E-state index in [2.05, 4.69) is 36.4 Å². The lowest BCUT2D eigenvalue weighted by Gasteiger charge is -2.28. The predicted molar refractivity (Wildman–Crippen MR) is 129 cm³/mol. The molecule has 0 aliphatic carbocycles. The quantitative estimate of drug-likeness (QED) is 0.339. The molecule has 7 heteroatoms. The Morgan fingerprint density at radius 3 is 1.27 bits per heavy atom. The third kappa shape index (κ3) is 4.46. The molecule has 0 bridgehead atoms. The summed E-state index contributed by atoms with van der Waals surface area (Å²) >= 11 is 0. The first kappa shape index (κ1) is 23.2.